The van der Waals surface area contributed by atoms with Gasteiger partial charge < -0.3 is 15.2 Å². The number of nitrogens with zero attached hydrogens (tertiary/aromatic N) is 2. The van der Waals surface area contributed by atoms with Crippen LogP contribution in [0.2, 0.25) is 0 Å². The molecule has 0 aliphatic carbocycles. The third kappa shape index (κ3) is 7.21. The highest BCUT2D eigenvalue weighted by Crippen LogP contribution is 1.75. The summed E-state index contributed by atoms with van der Waals surface area (Å²) in [4.78, 5) is 16.7. The molecule has 12 heavy (non-hydrogen) atoms. The summed E-state index contributed by atoms with van der Waals surface area (Å²) in [6.07, 6.45) is 1.98. The Bertz CT molecular complexity index is 154. The van der Waals surface area contributed by atoms with Crippen molar-refractivity contribution in [3.05, 3.63) is 0 Å². The summed E-state index contributed by atoms with van der Waals surface area (Å²) in [6.45, 7) is 1.57. The fraction of sp³-hybridized carbons (Fsp3) is 0.750. The van der Waals surface area contributed by atoms with Gasteiger partial charge in [-0.25, -0.2) is 0 Å². The molecule has 0 aliphatic heterocycles. The van der Waals surface area contributed by atoms with Crippen molar-refractivity contribution >= 4 is 12.1 Å². The fourth-order valence-electron chi connectivity index (χ4n) is 0.665. The normalized spacial score (nSPS) is 11.0. The first kappa shape index (κ1) is 11.1. The first-order chi connectivity index (χ1) is 5.66. The van der Waals surface area contributed by atoms with Gasteiger partial charge in [0.05, 0.1) is 6.42 Å². The molecular weight excluding hydrogens is 154 g/mol. The predicted octanol–water partition coefficient (Wildman–Crippen LogP) is -0.245. The van der Waals surface area contributed by atoms with Gasteiger partial charge in [0.15, 0.2) is 0 Å². The molecule has 0 radical (unpaired) electrons. The molecule has 4 nitrogen and oxygen atoms in total. The van der Waals surface area contributed by atoms with Crippen molar-refractivity contribution in [3.63, 3.8) is 0 Å². The van der Waals surface area contributed by atoms with E-state index in [4.69, 9.17) is 0 Å². The zero-order chi connectivity index (χ0) is 9.40. The number of hydrogen-bond acceptors (Lipinski definition) is 3. The number of aliphatic imine (C=N–C) groups is 1. The van der Waals surface area contributed by atoms with E-state index in [0.717, 1.165) is 6.54 Å². The van der Waals surface area contributed by atoms with E-state index >= 15 is 0 Å². The van der Waals surface area contributed by atoms with Crippen LogP contribution in [0.5, 0.6) is 0 Å². The summed E-state index contributed by atoms with van der Waals surface area (Å²) < 4.78 is 0. The van der Waals surface area contributed by atoms with Crippen molar-refractivity contribution in [1.82, 2.24) is 10.2 Å². The molecule has 0 rings (SSSR count). The molecule has 0 aliphatic rings. The van der Waals surface area contributed by atoms with Crippen LogP contribution in [-0.2, 0) is 4.79 Å². The van der Waals surface area contributed by atoms with E-state index in [9.17, 15) is 4.79 Å². The average molecular weight is 171 g/mol. The van der Waals surface area contributed by atoms with Crippen LogP contribution >= 0.6 is 0 Å². The Balaban J connectivity index is 3.32. The van der Waals surface area contributed by atoms with Gasteiger partial charge in [0, 0.05) is 26.4 Å². The van der Waals surface area contributed by atoms with E-state index in [1.807, 2.05) is 19.0 Å². The lowest BCUT2D eigenvalue weighted by atomic mass is 10.4. The zero-order valence-electron chi connectivity index (χ0n) is 8.00. The lowest BCUT2D eigenvalue weighted by Crippen LogP contribution is -2.31. The molecule has 0 aromatic rings. The molecular formula is C8H17N3O. The zero-order valence-corrected chi connectivity index (χ0v) is 8.00. The molecule has 0 saturated carbocycles. The van der Waals surface area contributed by atoms with Crippen LogP contribution in [0.3, 0.4) is 0 Å². The van der Waals surface area contributed by atoms with Gasteiger partial charge in [-0.3, -0.25) is 4.79 Å². The summed E-state index contributed by atoms with van der Waals surface area (Å²) in [6, 6.07) is 0. The van der Waals surface area contributed by atoms with Crippen LogP contribution in [0, 0.1) is 0 Å². The van der Waals surface area contributed by atoms with Crippen molar-refractivity contribution in [2.75, 3.05) is 34.2 Å². The van der Waals surface area contributed by atoms with Crippen molar-refractivity contribution in [1.29, 1.82) is 0 Å². The summed E-state index contributed by atoms with van der Waals surface area (Å²) in [5.74, 6) is 0.0300. The minimum atomic E-state index is 0.0300. The highest BCUT2D eigenvalue weighted by atomic mass is 16.1. The van der Waals surface area contributed by atoms with Crippen LogP contribution in [0.25, 0.3) is 0 Å². The van der Waals surface area contributed by atoms with Crippen molar-refractivity contribution in [2.24, 2.45) is 4.99 Å². The molecule has 0 fully saturated rings. The lowest BCUT2D eigenvalue weighted by Gasteiger charge is -2.09. The van der Waals surface area contributed by atoms with Gasteiger partial charge in [-0.05, 0) is 14.1 Å². The van der Waals surface area contributed by atoms with Crippen molar-refractivity contribution in [3.8, 4) is 0 Å². The monoisotopic (exact) mass is 171 g/mol. The molecule has 0 heterocycles. The highest BCUT2D eigenvalue weighted by molar-refractivity contribution is 5.89. The maximum absolute atomic E-state index is 11.0. The van der Waals surface area contributed by atoms with E-state index in [1.165, 1.54) is 0 Å². The van der Waals surface area contributed by atoms with Gasteiger partial charge in [-0.1, -0.05) is 0 Å². The fourth-order valence-corrected chi connectivity index (χ4v) is 0.665. The number of carbonyl (C=O) groups excluding carboxylic acids is 1. The SMILES string of the molecule is CN=CCC(=O)NCCN(C)C. The predicted molar refractivity (Wildman–Crippen MR) is 50.6 cm³/mol. The molecule has 0 bridgehead atoms. The third-order valence-electron chi connectivity index (χ3n) is 1.34. The number of nitrogens with one attached hydrogen (secondary N) is 1. The van der Waals surface area contributed by atoms with E-state index in [2.05, 4.69) is 10.3 Å². The summed E-state index contributed by atoms with van der Waals surface area (Å²) >= 11 is 0. The minimum Gasteiger partial charge on any atom is -0.355 e. The quantitative estimate of drug-likeness (QED) is 0.580. The molecule has 0 aromatic carbocycles. The van der Waals surface area contributed by atoms with Gasteiger partial charge >= 0.3 is 0 Å². The van der Waals surface area contributed by atoms with E-state index in [0.29, 0.717) is 13.0 Å². The van der Waals surface area contributed by atoms with Crippen LogP contribution in [-0.4, -0.2) is 51.3 Å². The molecule has 0 unspecified atom stereocenters. The second-order valence-corrected chi connectivity index (χ2v) is 2.80. The smallest absolute Gasteiger partial charge is 0.225 e. The number of rotatable bonds is 5. The lowest BCUT2D eigenvalue weighted by molar-refractivity contribution is -0.119. The van der Waals surface area contributed by atoms with Crippen LogP contribution in [0.15, 0.2) is 4.99 Å². The van der Waals surface area contributed by atoms with Crippen molar-refractivity contribution in [2.45, 2.75) is 6.42 Å². The Morgan fingerprint density at radius 3 is 2.75 bits per heavy atom. The summed E-state index contributed by atoms with van der Waals surface area (Å²) in [5, 5.41) is 2.78. The first-order valence-electron chi connectivity index (χ1n) is 3.99. The first-order valence-corrected chi connectivity index (χ1v) is 3.99. The standard InChI is InChI=1S/C8H17N3O/c1-9-5-4-8(12)10-6-7-11(2)3/h5H,4,6-7H2,1-3H3,(H,10,12). The Kier molecular flexibility index (Phi) is 6.28. The molecule has 0 atom stereocenters. The summed E-state index contributed by atoms with van der Waals surface area (Å²) in [7, 11) is 5.60. The maximum Gasteiger partial charge on any atom is 0.225 e. The van der Waals surface area contributed by atoms with Gasteiger partial charge in [-0.2, -0.15) is 0 Å². The molecule has 0 aromatic heterocycles. The molecule has 1 N–H and O–H groups in total. The average Bonchev–Trinajstić information content (AvgIpc) is 2.00. The Morgan fingerprint density at radius 1 is 1.58 bits per heavy atom. The van der Waals surface area contributed by atoms with Gasteiger partial charge in [0.2, 0.25) is 5.91 Å². The van der Waals surface area contributed by atoms with Crippen LogP contribution in [0.1, 0.15) is 6.42 Å². The Hall–Kier alpha value is -0.900. The van der Waals surface area contributed by atoms with Gasteiger partial charge in [-0.15, -0.1) is 0 Å². The molecule has 0 saturated heterocycles. The Labute approximate surface area is 73.7 Å². The van der Waals surface area contributed by atoms with Gasteiger partial charge in [0.1, 0.15) is 0 Å². The van der Waals surface area contributed by atoms with Crippen LogP contribution in [0.4, 0.5) is 0 Å². The number of hydrogen-bond donors (Lipinski definition) is 1. The maximum atomic E-state index is 11.0. The number of amides is 1. The molecule has 4 heteroatoms. The van der Waals surface area contributed by atoms with E-state index in [-0.39, 0.29) is 5.91 Å². The highest BCUT2D eigenvalue weighted by Gasteiger charge is 1.96. The topological polar surface area (TPSA) is 44.7 Å². The molecule has 0 spiro atoms. The minimum absolute atomic E-state index is 0.0300. The second kappa shape index (κ2) is 6.79. The van der Waals surface area contributed by atoms with Crippen molar-refractivity contribution < 1.29 is 4.79 Å². The van der Waals surface area contributed by atoms with E-state index in [1.54, 1.807) is 13.3 Å². The largest absolute Gasteiger partial charge is 0.355 e. The van der Waals surface area contributed by atoms with Crippen LogP contribution < -0.4 is 5.32 Å². The second-order valence-electron chi connectivity index (χ2n) is 2.80. The number of carbonyl (C=O) groups is 1. The number of likely N-dealkylation sites (N-methyl/N-ethyl adjacent to an activating group) is 1. The Morgan fingerprint density at radius 2 is 2.25 bits per heavy atom. The molecule has 70 valence electrons. The third-order valence-corrected chi connectivity index (χ3v) is 1.34. The summed E-state index contributed by atoms with van der Waals surface area (Å²) in [5.41, 5.74) is 0. The molecule has 1 amide bonds. The van der Waals surface area contributed by atoms with Gasteiger partial charge in [0.25, 0.3) is 0 Å². The van der Waals surface area contributed by atoms with E-state index < -0.39 is 0 Å².